The van der Waals surface area contributed by atoms with Gasteiger partial charge in [0.15, 0.2) is 0 Å². The maximum absolute atomic E-state index is 12.6. The first-order chi connectivity index (χ1) is 9.01. The van der Waals surface area contributed by atoms with Crippen LogP contribution in [0.1, 0.15) is 18.9 Å². The lowest BCUT2D eigenvalue weighted by Crippen LogP contribution is -2.51. The summed E-state index contributed by atoms with van der Waals surface area (Å²) in [5.74, 6) is -0.0414. The first-order valence-electron chi connectivity index (χ1n) is 6.44. The number of nitrogens with two attached hydrogens (primary N) is 1. The number of rotatable bonds is 2. The Morgan fingerprint density at radius 1 is 1.30 bits per heavy atom. The van der Waals surface area contributed by atoms with Gasteiger partial charge in [-0.05, 0) is 31.0 Å². The maximum atomic E-state index is 12.6. The van der Waals surface area contributed by atoms with Crippen molar-refractivity contribution in [3.8, 4) is 0 Å². The number of carbonyl (C=O) groups excluding carboxylic acids is 1. The van der Waals surface area contributed by atoms with E-state index in [1.807, 2.05) is 24.3 Å². The molecule has 112 valence electrons. The van der Waals surface area contributed by atoms with Gasteiger partial charge in [0.05, 0.1) is 6.61 Å². The minimum atomic E-state index is -0.995. The van der Waals surface area contributed by atoms with Crippen LogP contribution < -0.4 is 5.73 Å². The Balaban J connectivity index is 0.00000200. The Kier molecular flexibility index (Phi) is 6.45. The van der Waals surface area contributed by atoms with Crippen LogP contribution in [-0.2, 0) is 15.1 Å². The highest BCUT2D eigenvalue weighted by Crippen LogP contribution is 2.23. The zero-order valence-corrected chi connectivity index (χ0v) is 13.9. The van der Waals surface area contributed by atoms with Crippen LogP contribution in [0.25, 0.3) is 0 Å². The van der Waals surface area contributed by atoms with Crippen LogP contribution in [0.5, 0.6) is 0 Å². The Morgan fingerprint density at radius 3 is 2.60 bits per heavy atom. The molecule has 2 N–H and O–H groups in total. The Hall–Kier alpha value is -0.620. The lowest BCUT2D eigenvalue weighted by molar-refractivity contribution is -0.136. The molecule has 6 heteroatoms. The molecule has 1 aromatic carbocycles. The summed E-state index contributed by atoms with van der Waals surface area (Å²) in [6, 6.07) is 7.57. The average molecular weight is 364 g/mol. The lowest BCUT2D eigenvalue weighted by Gasteiger charge is -2.31. The summed E-state index contributed by atoms with van der Waals surface area (Å²) >= 11 is 3.38. The van der Waals surface area contributed by atoms with Gasteiger partial charge >= 0.3 is 0 Å². The third-order valence-electron chi connectivity index (χ3n) is 3.40. The Bertz CT molecular complexity index is 443. The fraction of sp³-hybridized carbons (Fsp3) is 0.500. The van der Waals surface area contributed by atoms with E-state index in [1.165, 1.54) is 0 Å². The normalized spacial score (nSPS) is 18.6. The number of hydrogen-bond acceptors (Lipinski definition) is 3. The zero-order valence-electron chi connectivity index (χ0n) is 11.5. The molecule has 1 aliphatic heterocycles. The van der Waals surface area contributed by atoms with Crippen LogP contribution >= 0.6 is 28.3 Å². The highest BCUT2D eigenvalue weighted by molar-refractivity contribution is 9.10. The number of ether oxygens (including phenoxy) is 1. The zero-order chi connectivity index (χ0) is 13.9. The van der Waals surface area contributed by atoms with E-state index in [2.05, 4.69) is 15.9 Å². The van der Waals surface area contributed by atoms with Gasteiger partial charge in [-0.2, -0.15) is 0 Å². The smallest absolute Gasteiger partial charge is 0.247 e. The minimum absolute atomic E-state index is 0. The van der Waals surface area contributed by atoms with E-state index in [0.717, 1.165) is 16.5 Å². The molecule has 0 saturated carbocycles. The first-order valence-corrected chi connectivity index (χ1v) is 7.23. The van der Waals surface area contributed by atoms with Gasteiger partial charge in [-0.25, -0.2) is 0 Å². The van der Waals surface area contributed by atoms with Gasteiger partial charge in [0, 0.05) is 24.2 Å². The van der Waals surface area contributed by atoms with Gasteiger partial charge in [0.1, 0.15) is 5.54 Å². The van der Waals surface area contributed by atoms with Gasteiger partial charge in [-0.15, -0.1) is 12.4 Å². The van der Waals surface area contributed by atoms with Crippen molar-refractivity contribution in [1.82, 2.24) is 4.90 Å². The molecule has 2 rings (SSSR count). The fourth-order valence-electron chi connectivity index (χ4n) is 2.20. The maximum Gasteiger partial charge on any atom is 0.247 e. The molecular weight excluding hydrogens is 344 g/mol. The van der Waals surface area contributed by atoms with E-state index in [4.69, 9.17) is 10.5 Å². The summed E-state index contributed by atoms with van der Waals surface area (Å²) in [7, 11) is 0. The number of carbonyl (C=O) groups is 1. The molecule has 1 unspecified atom stereocenters. The average Bonchev–Trinajstić information content (AvgIpc) is 2.67. The first kappa shape index (κ1) is 17.4. The monoisotopic (exact) mass is 362 g/mol. The quantitative estimate of drug-likeness (QED) is 0.877. The lowest BCUT2D eigenvalue weighted by atomic mass is 9.91. The van der Waals surface area contributed by atoms with E-state index in [1.54, 1.807) is 11.8 Å². The second-order valence-corrected chi connectivity index (χ2v) is 5.88. The second-order valence-electron chi connectivity index (χ2n) is 4.97. The van der Waals surface area contributed by atoms with E-state index in [-0.39, 0.29) is 18.3 Å². The van der Waals surface area contributed by atoms with Crippen LogP contribution in [0.15, 0.2) is 28.7 Å². The molecule has 0 spiro atoms. The largest absolute Gasteiger partial charge is 0.380 e. The fourth-order valence-corrected chi connectivity index (χ4v) is 2.46. The molecular formula is C14H20BrClN2O2. The molecule has 0 aromatic heterocycles. The van der Waals surface area contributed by atoms with Crippen molar-refractivity contribution in [3.63, 3.8) is 0 Å². The molecule has 20 heavy (non-hydrogen) atoms. The van der Waals surface area contributed by atoms with Gasteiger partial charge in [0.25, 0.3) is 0 Å². The Labute approximate surface area is 134 Å². The standard InChI is InChI=1S/C14H19BrN2O2.ClH/c1-14(16,11-3-5-12(15)6-4-11)13(18)17-7-2-9-19-10-8-17;/h3-6H,2,7-10,16H2,1H3;1H. The van der Waals surface area contributed by atoms with Crippen molar-refractivity contribution < 1.29 is 9.53 Å². The topological polar surface area (TPSA) is 55.6 Å². The van der Waals surface area contributed by atoms with Crippen LogP contribution in [0, 0.1) is 0 Å². The second kappa shape index (κ2) is 7.41. The van der Waals surface area contributed by atoms with E-state index in [0.29, 0.717) is 26.3 Å². The molecule has 1 atom stereocenters. The van der Waals surface area contributed by atoms with Crippen molar-refractivity contribution in [2.24, 2.45) is 5.73 Å². The van der Waals surface area contributed by atoms with Gasteiger partial charge < -0.3 is 15.4 Å². The highest BCUT2D eigenvalue weighted by atomic mass is 79.9. The van der Waals surface area contributed by atoms with E-state index >= 15 is 0 Å². The third kappa shape index (κ3) is 3.95. The number of hydrogen-bond donors (Lipinski definition) is 1. The number of nitrogens with zero attached hydrogens (tertiary/aromatic N) is 1. The SMILES string of the molecule is CC(N)(C(=O)N1CCCOCC1)c1ccc(Br)cc1.Cl. The van der Waals surface area contributed by atoms with Crippen molar-refractivity contribution in [3.05, 3.63) is 34.3 Å². The molecule has 1 amide bonds. The molecule has 0 aliphatic carbocycles. The predicted octanol–water partition coefficient (Wildman–Crippen LogP) is 2.29. The molecule has 1 heterocycles. The molecule has 1 aromatic rings. The summed E-state index contributed by atoms with van der Waals surface area (Å²) in [5, 5.41) is 0. The molecule has 1 fully saturated rings. The van der Waals surface area contributed by atoms with Crippen LogP contribution in [0.4, 0.5) is 0 Å². The Morgan fingerprint density at radius 2 is 1.95 bits per heavy atom. The van der Waals surface area contributed by atoms with Crippen molar-refractivity contribution >= 4 is 34.2 Å². The van der Waals surface area contributed by atoms with Gasteiger partial charge in [-0.3, -0.25) is 4.79 Å². The molecule has 4 nitrogen and oxygen atoms in total. The minimum Gasteiger partial charge on any atom is -0.380 e. The van der Waals surface area contributed by atoms with E-state index < -0.39 is 5.54 Å². The summed E-state index contributed by atoms with van der Waals surface area (Å²) in [6.45, 7) is 4.39. The summed E-state index contributed by atoms with van der Waals surface area (Å²) < 4.78 is 6.34. The van der Waals surface area contributed by atoms with Crippen LogP contribution in [-0.4, -0.2) is 37.1 Å². The number of benzene rings is 1. The molecule has 1 aliphatic rings. The third-order valence-corrected chi connectivity index (χ3v) is 3.93. The summed E-state index contributed by atoms with van der Waals surface area (Å²) in [4.78, 5) is 14.4. The van der Waals surface area contributed by atoms with Gasteiger partial charge in [-0.1, -0.05) is 28.1 Å². The summed E-state index contributed by atoms with van der Waals surface area (Å²) in [6.07, 6.45) is 0.863. The van der Waals surface area contributed by atoms with Gasteiger partial charge in [0.2, 0.25) is 5.91 Å². The van der Waals surface area contributed by atoms with Crippen molar-refractivity contribution in [1.29, 1.82) is 0 Å². The van der Waals surface area contributed by atoms with Crippen LogP contribution in [0.2, 0.25) is 0 Å². The predicted molar refractivity (Wildman–Crippen MR) is 84.9 cm³/mol. The highest BCUT2D eigenvalue weighted by Gasteiger charge is 2.34. The number of amides is 1. The summed E-state index contributed by atoms with van der Waals surface area (Å²) in [5.41, 5.74) is 6.10. The molecule has 0 bridgehead atoms. The van der Waals surface area contributed by atoms with E-state index in [9.17, 15) is 4.79 Å². The number of halogens is 2. The molecule has 0 radical (unpaired) electrons. The van der Waals surface area contributed by atoms with Crippen molar-refractivity contribution in [2.75, 3.05) is 26.3 Å². The van der Waals surface area contributed by atoms with Crippen molar-refractivity contribution in [2.45, 2.75) is 18.9 Å². The van der Waals surface area contributed by atoms with Crippen LogP contribution in [0.3, 0.4) is 0 Å². The molecule has 1 saturated heterocycles.